The van der Waals surface area contributed by atoms with E-state index < -0.39 is 21.8 Å². The maximum absolute atomic E-state index is 12.6. The van der Waals surface area contributed by atoms with E-state index in [1.54, 1.807) is 0 Å². The molecule has 0 spiro atoms. The van der Waals surface area contributed by atoms with Gasteiger partial charge in [0.1, 0.15) is 11.0 Å². The van der Waals surface area contributed by atoms with Crippen LogP contribution in [0.5, 0.6) is 0 Å². The standard InChI is InChI=1S/C5H3ClFNO2S.Na/c6-5-4(11(9)10)3(7)1-2-8-5;/h1-2H,(H,9,10);/q;+1/p-1. The Labute approximate surface area is 97.9 Å². The molecule has 1 atom stereocenters. The second-order valence-corrected chi connectivity index (χ2v) is 2.88. The van der Waals surface area contributed by atoms with E-state index in [2.05, 4.69) is 4.98 Å². The van der Waals surface area contributed by atoms with E-state index in [1.165, 1.54) is 0 Å². The number of rotatable bonds is 1. The molecule has 0 aromatic carbocycles. The molecule has 0 amide bonds. The summed E-state index contributed by atoms with van der Waals surface area (Å²) in [5.74, 6) is -0.890. The van der Waals surface area contributed by atoms with Gasteiger partial charge >= 0.3 is 29.6 Å². The van der Waals surface area contributed by atoms with Crippen LogP contribution >= 0.6 is 11.6 Å². The maximum atomic E-state index is 12.6. The van der Waals surface area contributed by atoms with Crippen LogP contribution in [0.15, 0.2) is 17.2 Å². The van der Waals surface area contributed by atoms with Gasteiger partial charge in [-0.05, 0) is 17.1 Å². The SMILES string of the molecule is O=S([O-])c1c(F)ccnc1Cl.[Na+]. The van der Waals surface area contributed by atoms with Crippen LogP contribution in [0.3, 0.4) is 0 Å². The fraction of sp³-hybridized carbons (Fsp3) is 0. The molecule has 1 aromatic rings. The van der Waals surface area contributed by atoms with Crippen molar-refractivity contribution in [1.29, 1.82) is 0 Å². The van der Waals surface area contributed by atoms with Gasteiger partial charge in [0.25, 0.3) is 0 Å². The van der Waals surface area contributed by atoms with E-state index in [0.29, 0.717) is 0 Å². The Bertz CT molecular complexity index is 291. The van der Waals surface area contributed by atoms with Gasteiger partial charge in [-0.25, -0.2) is 9.37 Å². The Balaban J connectivity index is 0.00000121. The molecule has 1 unspecified atom stereocenters. The predicted octanol–water partition coefficient (Wildman–Crippen LogP) is -1.88. The van der Waals surface area contributed by atoms with E-state index in [9.17, 15) is 13.2 Å². The van der Waals surface area contributed by atoms with Crippen LogP contribution in [0.4, 0.5) is 4.39 Å². The molecule has 3 nitrogen and oxygen atoms in total. The van der Waals surface area contributed by atoms with Gasteiger partial charge in [0.2, 0.25) is 0 Å². The number of hydrogen-bond acceptors (Lipinski definition) is 3. The van der Waals surface area contributed by atoms with Crippen molar-refractivity contribution in [3.63, 3.8) is 0 Å². The van der Waals surface area contributed by atoms with E-state index >= 15 is 0 Å². The van der Waals surface area contributed by atoms with E-state index in [0.717, 1.165) is 12.3 Å². The summed E-state index contributed by atoms with van der Waals surface area (Å²) in [6, 6.07) is 0.928. The first kappa shape index (κ1) is 12.5. The van der Waals surface area contributed by atoms with E-state index in [1.807, 2.05) is 0 Å². The summed E-state index contributed by atoms with van der Waals surface area (Å²) < 4.78 is 33.1. The van der Waals surface area contributed by atoms with Crippen LogP contribution in [0.25, 0.3) is 0 Å². The molecule has 0 bridgehead atoms. The van der Waals surface area contributed by atoms with Crippen LogP contribution in [0.2, 0.25) is 5.15 Å². The zero-order valence-electron chi connectivity index (χ0n) is 6.08. The molecule has 0 N–H and O–H groups in total. The Hall–Kier alpha value is 0.480. The van der Waals surface area contributed by atoms with Crippen LogP contribution in [-0.2, 0) is 11.1 Å². The van der Waals surface area contributed by atoms with Gasteiger partial charge in [0, 0.05) is 6.20 Å². The summed E-state index contributed by atoms with van der Waals surface area (Å²) in [5.41, 5.74) is 0. The van der Waals surface area contributed by atoms with Gasteiger partial charge < -0.3 is 4.55 Å². The molecule has 0 saturated heterocycles. The Kier molecular flexibility index (Phi) is 5.47. The molecular weight excluding hydrogens is 216 g/mol. The second-order valence-electron chi connectivity index (χ2n) is 1.65. The molecule has 0 radical (unpaired) electrons. The fourth-order valence-corrected chi connectivity index (χ4v) is 1.30. The molecule has 0 aliphatic carbocycles. The molecular formula is C5H2ClFNNaO2S. The molecule has 12 heavy (non-hydrogen) atoms. The number of pyridine rings is 1. The monoisotopic (exact) mass is 217 g/mol. The summed E-state index contributed by atoms with van der Waals surface area (Å²) in [6.45, 7) is 0. The molecule has 0 fully saturated rings. The van der Waals surface area contributed by atoms with E-state index in [-0.39, 0.29) is 34.7 Å². The number of nitrogens with zero attached hydrogens (tertiary/aromatic N) is 1. The van der Waals surface area contributed by atoms with Crippen molar-refractivity contribution in [1.82, 2.24) is 4.98 Å². The molecule has 0 aliphatic rings. The minimum Gasteiger partial charge on any atom is -0.768 e. The van der Waals surface area contributed by atoms with Crippen molar-refractivity contribution < 1.29 is 42.7 Å². The summed E-state index contributed by atoms with van der Waals surface area (Å²) in [5, 5.41) is -0.349. The zero-order valence-corrected chi connectivity index (χ0v) is 9.66. The molecule has 7 heteroatoms. The Morgan fingerprint density at radius 1 is 1.67 bits per heavy atom. The van der Waals surface area contributed by atoms with Crippen molar-refractivity contribution in [2.45, 2.75) is 4.90 Å². The first-order chi connectivity index (χ1) is 5.13. The third-order valence-corrected chi connectivity index (χ3v) is 2.10. The van der Waals surface area contributed by atoms with Crippen molar-refractivity contribution in [2.75, 3.05) is 0 Å². The quantitative estimate of drug-likeness (QED) is 0.314. The number of hydrogen-bond donors (Lipinski definition) is 0. The normalized spacial score (nSPS) is 11.9. The topological polar surface area (TPSA) is 53.0 Å². The van der Waals surface area contributed by atoms with Gasteiger partial charge in [-0.3, -0.25) is 4.21 Å². The van der Waals surface area contributed by atoms with E-state index in [4.69, 9.17) is 11.6 Å². The molecule has 1 rings (SSSR count). The first-order valence-corrected chi connectivity index (χ1v) is 3.97. The van der Waals surface area contributed by atoms with Crippen LogP contribution in [-0.4, -0.2) is 13.7 Å². The average molecular weight is 218 g/mol. The largest absolute Gasteiger partial charge is 1.00 e. The summed E-state index contributed by atoms with van der Waals surface area (Å²) in [6.07, 6.45) is 1.09. The third-order valence-electron chi connectivity index (χ3n) is 0.980. The number of halogens is 2. The summed E-state index contributed by atoms with van der Waals surface area (Å²) in [7, 11) is 0. The molecule has 60 valence electrons. The third kappa shape index (κ3) is 2.76. The average Bonchev–Trinajstić information content (AvgIpc) is 1.85. The Morgan fingerprint density at radius 3 is 2.58 bits per heavy atom. The van der Waals surface area contributed by atoms with Crippen LogP contribution < -0.4 is 29.6 Å². The van der Waals surface area contributed by atoms with Crippen LogP contribution in [0, 0.1) is 5.82 Å². The minimum absolute atomic E-state index is 0. The fourth-order valence-electron chi connectivity index (χ4n) is 0.549. The van der Waals surface area contributed by atoms with Gasteiger partial charge in [-0.1, -0.05) is 11.6 Å². The predicted molar refractivity (Wildman–Crippen MR) is 36.4 cm³/mol. The van der Waals surface area contributed by atoms with Crippen LogP contribution in [0.1, 0.15) is 0 Å². The minimum atomic E-state index is -2.67. The number of aromatic nitrogens is 1. The van der Waals surface area contributed by atoms with Crippen molar-refractivity contribution in [3.05, 3.63) is 23.2 Å². The Morgan fingerprint density at radius 2 is 2.25 bits per heavy atom. The molecule has 1 heterocycles. The summed E-state index contributed by atoms with van der Waals surface area (Å²) in [4.78, 5) is 2.80. The van der Waals surface area contributed by atoms with Gasteiger partial charge in [-0.15, -0.1) is 0 Å². The zero-order chi connectivity index (χ0) is 8.43. The van der Waals surface area contributed by atoms with Gasteiger partial charge in [0.05, 0.1) is 4.90 Å². The van der Waals surface area contributed by atoms with Gasteiger partial charge in [-0.2, -0.15) is 0 Å². The van der Waals surface area contributed by atoms with Crippen molar-refractivity contribution >= 4 is 22.7 Å². The van der Waals surface area contributed by atoms with Gasteiger partial charge in [0.15, 0.2) is 0 Å². The molecule has 0 aliphatic heterocycles. The molecule has 0 saturated carbocycles. The first-order valence-electron chi connectivity index (χ1n) is 2.52. The maximum Gasteiger partial charge on any atom is 1.00 e. The molecule has 1 aromatic heterocycles. The second kappa shape index (κ2) is 5.26. The van der Waals surface area contributed by atoms with Crippen molar-refractivity contribution in [3.8, 4) is 0 Å². The summed E-state index contributed by atoms with van der Waals surface area (Å²) >= 11 is 2.61. The smallest absolute Gasteiger partial charge is 0.768 e. The van der Waals surface area contributed by atoms with Crippen molar-refractivity contribution in [2.24, 2.45) is 0 Å².